The number of hydrogen-bond donors (Lipinski definition) is 0. The van der Waals surface area contributed by atoms with Gasteiger partial charge in [0.25, 0.3) is 0 Å². The van der Waals surface area contributed by atoms with Crippen LogP contribution in [0.15, 0.2) is 23.2 Å². The second-order valence-electron chi connectivity index (χ2n) is 2.03. The highest BCUT2D eigenvalue weighted by atomic mass is 32.2. The minimum atomic E-state index is -0.248. The lowest BCUT2D eigenvalue weighted by Gasteiger charge is -2.14. The zero-order valence-electron chi connectivity index (χ0n) is 5.72. The molecule has 0 saturated heterocycles. The molecule has 0 radical (unpaired) electrons. The van der Waals surface area contributed by atoms with E-state index in [1.165, 1.54) is 0 Å². The second kappa shape index (κ2) is 3.66. The Morgan fingerprint density at radius 3 is 3.00 bits per heavy atom. The van der Waals surface area contributed by atoms with Gasteiger partial charge in [0.15, 0.2) is 0 Å². The summed E-state index contributed by atoms with van der Waals surface area (Å²) in [6, 6.07) is 0. The highest BCUT2D eigenvalue weighted by Gasteiger charge is 2.07. The molecule has 56 valence electrons. The molecule has 0 aromatic carbocycles. The molecule has 0 N–H and O–H groups in total. The number of halogens is 1. The molecule has 1 aliphatic heterocycles. The molecular weight excluding hydrogens is 149 g/mol. The molecule has 0 amide bonds. The van der Waals surface area contributed by atoms with Gasteiger partial charge >= 0.3 is 0 Å². The van der Waals surface area contributed by atoms with E-state index in [1.807, 2.05) is 16.5 Å². The number of thioether (sulfide) groups is 1. The third kappa shape index (κ3) is 1.77. The fourth-order valence-corrected chi connectivity index (χ4v) is 1.42. The van der Waals surface area contributed by atoms with Crippen LogP contribution in [0.5, 0.6) is 0 Å². The van der Waals surface area contributed by atoms with Crippen molar-refractivity contribution in [3.8, 4) is 0 Å². The SMILES string of the molecule is C=C1SC=CN1CCCF. The Balaban J connectivity index is 2.27. The molecule has 0 aromatic heterocycles. The van der Waals surface area contributed by atoms with E-state index in [-0.39, 0.29) is 6.67 Å². The van der Waals surface area contributed by atoms with Gasteiger partial charge in [-0.25, -0.2) is 0 Å². The molecule has 0 bridgehead atoms. The maximum absolute atomic E-state index is 11.7. The van der Waals surface area contributed by atoms with Crippen LogP contribution in [-0.2, 0) is 0 Å². The van der Waals surface area contributed by atoms with Gasteiger partial charge in [-0.3, -0.25) is 4.39 Å². The molecule has 10 heavy (non-hydrogen) atoms. The zero-order chi connectivity index (χ0) is 7.40. The fourth-order valence-electron chi connectivity index (χ4n) is 0.763. The lowest BCUT2D eigenvalue weighted by Crippen LogP contribution is -2.12. The van der Waals surface area contributed by atoms with Gasteiger partial charge in [-0.05, 0) is 11.8 Å². The van der Waals surface area contributed by atoms with Gasteiger partial charge in [0, 0.05) is 12.7 Å². The van der Waals surface area contributed by atoms with Gasteiger partial charge in [0.1, 0.15) is 0 Å². The van der Waals surface area contributed by atoms with Gasteiger partial charge in [0.05, 0.1) is 11.7 Å². The van der Waals surface area contributed by atoms with Crippen LogP contribution in [0, 0.1) is 0 Å². The standard InChI is InChI=1S/C7H10FNS/c1-7-9(4-2-3-8)5-6-10-7/h5-6H,1-4H2. The van der Waals surface area contributed by atoms with Crippen LogP contribution in [0.1, 0.15) is 6.42 Å². The van der Waals surface area contributed by atoms with Crippen molar-refractivity contribution >= 4 is 11.8 Å². The third-order valence-electron chi connectivity index (χ3n) is 1.30. The first kappa shape index (κ1) is 7.66. The maximum atomic E-state index is 11.7. The predicted molar refractivity (Wildman–Crippen MR) is 43.2 cm³/mol. The molecule has 0 saturated carbocycles. The highest BCUT2D eigenvalue weighted by molar-refractivity contribution is 8.05. The van der Waals surface area contributed by atoms with Crippen molar-refractivity contribution in [2.75, 3.05) is 13.2 Å². The molecule has 0 aliphatic carbocycles. The Labute approximate surface area is 64.6 Å². The van der Waals surface area contributed by atoms with Crippen molar-refractivity contribution in [3.05, 3.63) is 23.2 Å². The number of alkyl halides is 1. The third-order valence-corrected chi connectivity index (χ3v) is 2.06. The Morgan fingerprint density at radius 2 is 2.50 bits per heavy atom. The van der Waals surface area contributed by atoms with E-state index in [1.54, 1.807) is 11.8 Å². The van der Waals surface area contributed by atoms with Crippen molar-refractivity contribution in [2.45, 2.75) is 6.42 Å². The van der Waals surface area contributed by atoms with E-state index in [0.29, 0.717) is 6.42 Å². The first-order valence-corrected chi connectivity index (χ1v) is 4.07. The predicted octanol–water partition coefficient (Wildman–Crippen LogP) is 2.34. The van der Waals surface area contributed by atoms with Crippen molar-refractivity contribution < 1.29 is 4.39 Å². The molecule has 1 aliphatic rings. The average molecular weight is 159 g/mol. The van der Waals surface area contributed by atoms with E-state index in [4.69, 9.17) is 0 Å². The van der Waals surface area contributed by atoms with Crippen LogP contribution >= 0.6 is 11.8 Å². The molecule has 0 atom stereocenters. The molecular formula is C7H10FNS. The summed E-state index contributed by atoms with van der Waals surface area (Å²) in [6.07, 6.45) is 2.52. The van der Waals surface area contributed by atoms with E-state index >= 15 is 0 Å². The molecule has 0 unspecified atom stereocenters. The van der Waals surface area contributed by atoms with Gasteiger partial charge < -0.3 is 4.90 Å². The minimum Gasteiger partial charge on any atom is -0.342 e. The smallest absolute Gasteiger partial charge is 0.0911 e. The van der Waals surface area contributed by atoms with Crippen molar-refractivity contribution in [2.24, 2.45) is 0 Å². The Morgan fingerprint density at radius 1 is 1.70 bits per heavy atom. The van der Waals surface area contributed by atoms with Crippen LogP contribution in [0.4, 0.5) is 4.39 Å². The summed E-state index contributed by atoms with van der Waals surface area (Å²) in [5.41, 5.74) is 0. The average Bonchev–Trinajstić information content (AvgIpc) is 2.31. The molecule has 0 fully saturated rings. The summed E-state index contributed by atoms with van der Waals surface area (Å²) < 4.78 is 11.7. The van der Waals surface area contributed by atoms with E-state index in [0.717, 1.165) is 11.6 Å². The first-order valence-electron chi connectivity index (χ1n) is 3.19. The Kier molecular flexibility index (Phi) is 2.81. The normalized spacial score (nSPS) is 16.9. The highest BCUT2D eigenvalue weighted by Crippen LogP contribution is 2.26. The zero-order valence-corrected chi connectivity index (χ0v) is 6.53. The molecule has 3 heteroatoms. The van der Waals surface area contributed by atoms with E-state index < -0.39 is 0 Å². The molecule has 1 nitrogen and oxygen atoms in total. The van der Waals surface area contributed by atoms with Crippen LogP contribution in [0.2, 0.25) is 0 Å². The van der Waals surface area contributed by atoms with Crippen LogP contribution in [0.3, 0.4) is 0 Å². The maximum Gasteiger partial charge on any atom is 0.0911 e. The minimum absolute atomic E-state index is 0.248. The van der Waals surface area contributed by atoms with Crippen molar-refractivity contribution in [1.29, 1.82) is 0 Å². The topological polar surface area (TPSA) is 3.24 Å². The van der Waals surface area contributed by atoms with E-state index in [9.17, 15) is 4.39 Å². The van der Waals surface area contributed by atoms with Gasteiger partial charge in [-0.2, -0.15) is 0 Å². The number of hydrogen-bond acceptors (Lipinski definition) is 2. The number of rotatable bonds is 3. The first-order chi connectivity index (χ1) is 4.84. The summed E-state index contributed by atoms with van der Waals surface area (Å²) in [7, 11) is 0. The second-order valence-corrected chi connectivity index (χ2v) is 3.01. The summed E-state index contributed by atoms with van der Waals surface area (Å²) in [5.74, 6) is 0. The molecule has 1 rings (SSSR count). The molecule has 0 spiro atoms. The van der Waals surface area contributed by atoms with Crippen molar-refractivity contribution in [1.82, 2.24) is 4.90 Å². The summed E-state index contributed by atoms with van der Waals surface area (Å²) in [4.78, 5) is 1.96. The van der Waals surface area contributed by atoms with Crippen LogP contribution in [-0.4, -0.2) is 18.1 Å². The van der Waals surface area contributed by atoms with Gasteiger partial charge in [-0.1, -0.05) is 18.3 Å². The largest absolute Gasteiger partial charge is 0.342 e. The van der Waals surface area contributed by atoms with Crippen LogP contribution in [0.25, 0.3) is 0 Å². The number of nitrogens with zero attached hydrogens (tertiary/aromatic N) is 1. The Bertz CT molecular complexity index is 156. The van der Waals surface area contributed by atoms with E-state index in [2.05, 4.69) is 6.58 Å². The molecule has 0 aromatic rings. The quantitative estimate of drug-likeness (QED) is 0.621. The lowest BCUT2D eigenvalue weighted by molar-refractivity contribution is 0.409. The fraction of sp³-hybridized carbons (Fsp3) is 0.429. The Hall–Kier alpha value is -0.440. The summed E-state index contributed by atoms with van der Waals surface area (Å²) in [6.45, 7) is 4.29. The monoisotopic (exact) mass is 159 g/mol. The van der Waals surface area contributed by atoms with Gasteiger partial charge in [0.2, 0.25) is 0 Å². The van der Waals surface area contributed by atoms with Crippen molar-refractivity contribution in [3.63, 3.8) is 0 Å². The summed E-state index contributed by atoms with van der Waals surface area (Å²) in [5, 5.41) is 2.95. The summed E-state index contributed by atoms with van der Waals surface area (Å²) >= 11 is 1.58. The van der Waals surface area contributed by atoms with Crippen LogP contribution < -0.4 is 0 Å². The van der Waals surface area contributed by atoms with Gasteiger partial charge in [-0.15, -0.1) is 0 Å². The lowest BCUT2D eigenvalue weighted by atomic mass is 10.4. The molecule has 1 heterocycles.